The van der Waals surface area contributed by atoms with Crippen molar-refractivity contribution in [2.24, 2.45) is 5.73 Å². The number of unbranched alkanes of at least 4 members (excludes halogenated alkanes) is 3. The highest BCUT2D eigenvalue weighted by Crippen LogP contribution is 2.30. The summed E-state index contributed by atoms with van der Waals surface area (Å²) in [4.78, 5) is 8.26. The lowest BCUT2D eigenvalue weighted by Crippen LogP contribution is -2.31. The van der Waals surface area contributed by atoms with Crippen molar-refractivity contribution in [1.29, 1.82) is 0 Å². The fourth-order valence-corrected chi connectivity index (χ4v) is 4.20. The SMILES string of the molecule is COc1ccc2[nH]c3c(c2c1)CC=c1c(NCCCCCCN)nccc1=C3C. The molecule has 0 atom stereocenters. The average molecular weight is 391 g/mol. The fraction of sp³-hybridized carbons (Fsp3) is 0.375. The van der Waals surface area contributed by atoms with Crippen LogP contribution in [0.1, 0.15) is 43.9 Å². The summed E-state index contributed by atoms with van der Waals surface area (Å²) in [6, 6.07) is 8.35. The minimum Gasteiger partial charge on any atom is -0.497 e. The Morgan fingerprint density at radius 3 is 2.86 bits per heavy atom. The number of H-pyrrole nitrogens is 1. The van der Waals surface area contributed by atoms with Gasteiger partial charge in [0.1, 0.15) is 11.6 Å². The van der Waals surface area contributed by atoms with Crippen LogP contribution in [-0.2, 0) is 6.42 Å². The topological polar surface area (TPSA) is 76.0 Å². The van der Waals surface area contributed by atoms with Crippen LogP contribution in [0.4, 0.5) is 5.82 Å². The van der Waals surface area contributed by atoms with E-state index in [0.29, 0.717) is 0 Å². The van der Waals surface area contributed by atoms with E-state index in [1.165, 1.54) is 45.5 Å². The highest BCUT2D eigenvalue weighted by molar-refractivity contribution is 5.91. The molecule has 0 saturated heterocycles. The van der Waals surface area contributed by atoms with Gasteiger partial charge in [0.25, 0.3) is 0 Å². The number of aromatic nitrogens is 2. The maximum atomic E-state index is 5.57. The van der Waals surface area contributed by atoms with Crippen molar-refractivity contribution in [3.8, 4) is 5.75 Å². The van der Waals surface area contributed by atoms with Gasteiger partial charge in [0.15, 0.2) is 0 Å². The molecule has 0 amide bonds. The first kappa shape index (κ1) is 19.5. The van der Waals surface area contributed by atoms with Crippen LogP contribution in [0.5, 0.6) is 5.75 Å². The standard InChI is InChI=1S/C24H30N4O/c1-16-18-11-14-27-24(26-13-6-4-3-5-12-25)20(18)9-8-19-21-15-17(29-2)7-10-22(21)28-23(16)19/h7,9-11,14-15,28H,3-6,8,12-13,25H2,1-2H3,(H,26,27). The van der Waals surface area contributed by atoms with Crippen LogP contribution in [0.15, 0.2) is 30.5 Å². The predicted molar refractivity (Wildman–Crippen MR) is 121 cm³/mol. The van der Waals surface area contributed by atoms with Gasteiger partial charge < -0.3 is 20.8 Å². The molecule has 1 aliphatic rings. The lowest BCUT2D eigenvalue weighted by atomic mass is 10.0. The molecule has 29 heavy (non-hydrogen) atoms. The maximum absolute atomic E-state index is 5.57. The van der Waals surface area contributed by atoms with Crippen LogP contribution >= 0.6 is 0 Å². The minimum atomic E-state index is 0.784. The Balaban J connectivity index is 1.67. The third kappa shape index (κ3) is 3.87. The molecule has 2 heterocycles. The van der Waals surface area contributed by atoms with E-state index in [2.05, 4.69) is 46.5 Å². The molecule has 0 bridgehead atoms. The number of fused-ring (bicyclic) bond motifs is 4. The highest BCUT2D eigenvalue weighted by Gasteiger charge is 2.16. The van der Waals surface area contributed by atoms with E-state index in [0.717, 1.165) is 49.4 Å². The zero-order valence-corrected chi connectivity index (χ0v) is 17.3. The number of pyridine rings is 1. The van der Waals surface area contributed by atoms with Crippen LogP contribution < -0.4 is 26.2 Å². The molecule has 1 aliphatic carbocycles. The van der Waals surface area contributed by atoms with Gasteiger partial charge in [-0.15, -0.1) is 0 Å². The number of hydrogen-bond donors (Lipinski definition) is 3. The average Bonchev–Trinajstić information content (AvgIpc) is 3.05. The van der Waals surface area contributed by atoms with Crippen LogP contribution in [0, 0.1) is 0 Å². The Hall–Kier alpha value is -2.79. The molecule has 0 radical (unpaired) electrons. The van der Waals surface area contributed by atoms with E-state index in [1.54, 1.807) is 7.11 Å². The van der Waals surface area contributed by atoms with Crippen LogP contribution in [0.2, 0.25) is 0 Å². The summed E-state index contributed by atoms with van der Waals surface area (Å²) in [6.45, 7) is 3.92. The number of nitrogens with zero attached hydrogens (tertiary/aromatic N) is 1. The van der Waals surface area contributed by atoms with Crippen molar-refractivity contribution in [3.63, 3.8) is 0 Å². The Bertz CT molecular complexity index is 1130. The van der Waals surface area contributed by atoms with Crippen LogP contribution in [0.3, 0.4) is 0 Å². The summed E-state index contributed by atoms with van der Waals surface area (Å²) in [5.41, 5.74) is 10.5. The van der Waals surface area contributed by atoms with E-state index in [4.69, 9.17) is 10.5 Å². The summed E-state index contributed by atoms with van der Waals surface area (Å²) >= 11 is 0. The van der Waals surface area contributed by atoms with Crippen LogP contribution in [0.25, 0.3) is 22.6 Å². The lowest BCUT2D eigenvalue weighted by molar-refractivity contribution is 0.415. The molecule has 0 saturated carbocycles. The van der Waals surface area contributed by atoms with Crippen molar-refractivity contribution >= 4 is 28.4 Å². The van der Waals surface area contributed by atoms with Gasteiger partial charge in [0, 0.05) is 34.6 Å². The molecule has 0 fully saturated rings. The first-order chi connectivity index (χ1) is 14.2. The fourth-order valence-electron chi connectivity index (χ4n) is 4.20. The minimum absolute atomic E-state index is 0.784. The summed E-state index contributed by atoms with van der Waals surface area (Å²) in [5.74, 6) is 1.87. The number of anilines is 1. The number of hydrogen-bond acceptors (Lipinski definition) is 4. The number of aromatic amines is 1. The molecule has 2 aromatic heterocycles. The van der Waals surface area contributed by atoms with Gasteiger partial charge in [-0.05, 0) is 73.4 Å². The first-order valence-corrected chi connectivity index (χ1v) is 10.5. The molecule has 4 N–H and O–H groups in total. The Kier molecular flexibility index (Phi) is 5.86. The molecule has 0 spiro atoms. The van der Waals surface area contributed by atoms with E-state index in [1.807, 2.05) is 12.3 Å². The van der Waals surface area contributed by atoms with Crippen molar-refractivity contribution in [1.82, 2.24) is 9.97 Å². The van der Waals surface area contributed by atoms with E-state index >= 15 is 0 Å². The molecule has 1 aromatic carbocycles. The molecular formula is C24H30N4O. The monoisotopic (exact) mass is 390 g/mol. The molecule has 4 rings (SSSR count). The second kappa shape index (κ2) is 8.70. The van der Waals surface area contributed by atoms with Gasteiger partial charge in [-0.3, -0.25) is 0 Å². The zero-order chi connectivity index (χ0) is 20.2. The van der Waals surface area contributed by atoms with E-state index in [-0.39, 0.29) is 0 Å². The Labute approximate surface area is 171 Å². The van der Waals surface area contributed by atoms with Crippen LogP contribution in [-0.4, -0.2) is 30.2 Å². The number of methoxy groups -OCH3 is 1. The molecule has 0 unspecified atom stereocenters. The van der Waals surface area contributed by atoms with Crippen molar-refractivity contribution < 1.29 is 4.74 Å². The second-order valence-electron chi connectivity index (χ2n) is 7.67. The van der Waals surface area contributed by atoms with Gasteiger partial charge in [0.2, 0.25) is 0 Å². The smallest absolute Gasteiger partial charge is 0.133 e. The van der Waals surface area contributed by atoms with Gasteiger partial charge in [-0.25, -0.2) is 4.98 Å². The van der Waals surface area contributed by atoms with Gasteiger partial charge in [-0.2, -0.15) is 0 Å². The third-order valence-electron chi connectivity index (χ3n) is 5.82. The summed E-state index contributed by atoms with van der Waals surface area (Å²) in [6.07, 6.45) is 9.72. The largest absolute Gasteiger partial charge is 0.497 e. The van der Waals surface area contributed by atoms with Crippen molar-refractivity contribution in [2.75, 3.05) is 25.5 Å². The van der Waals surface area contributed by atoms with Gasteiger partial charge >= 0.3 is 0 Å². The maximum Gasteiger partial charge on any atom is 0.133 e. The molecular weight excluding hydrogens is 360 g/mol. The Morgan fingerprint density at radius 1 is 1.17 bits per heavy atom. The second-order valence-corrected chi connectivity index (χ2v) is 7.67. The molecule has 5 nitrogen and oxygen atoms in total. The number of benzene rings is 1. The number of nitrogens with two attached hydrogens (primary N) is 1. The zero-order valence-electron chi connectivity index (χ0n) is 17.3. The quantitative estimate of drug-likeness (QED) is 0.517. The number of nitrogens with one attached hydrogen (secondary N) is 2. The molecule has 3 aromatic rings. The van der Waals surface area contributed by atoms with Gasteiger partial charge in [0.05, 0.1) is 7.11 Å². The third-order valence-corrected chi connectivity index (χ3v) is 5.82. The van der Waals surface area contributed by atoms with Crippen molar-refractivity contribution in [3.05, 3.63) is 52.2 Å². The summed E-state index contributed by atoms with van der Waals surface area (Å²) in [5, 5.41) is 7.22. The normalized spacial score (nSPS) is 12.9. The molecule has 152 valence electrons. The summed E-state index contributed by atoms with van der Waals surface area (Å²) < 4.78 is 5.44. The van der Waals surface area contributed by atoms with Crippen molar-refractivity contribution in [2.45, 2.75) is 39.0 Å². The highest BCUT2D eigenvalue weighted by atomic mass is 16.5. The molecule has 5 heteroatoms. The lowest BCUT2D eigenvalue weighted by Gasteiger charge is -2.07. The molecule has 0 aliphatic heterocycles. The van der Waals surface area contributed by atoms with E-state index < -0.39 is 0 Å². The van der Waals surface area contributed by atoms with Gasteiger partial charge in [-0.1, -0.05) is 18.9 Å². The summed E-state index contributed by atoms with van der Waals surface area (Å²) in [7, 11) is 1.71. The first-order valence-electron chi connectivity index (χ1n) is 10.5. The number of ether oxygens (including phenoxy) is 1. The van der Waals surface area contributed by atoms with E-state index in [9.17, 15) is 0 Å². The predicted octanol–water partition coefficient (Wildman–Crippen LogP) is 3.06. The number of rotatable bonds is 8. The Morgan fingerprint density at radius 2 is 2.03 bits per heavy atom.